The molecular formula is C18H28N4O3S. The van der Waals surface area contributed by atoms with Gasteiger partial charge in [0.15, 0.2) is 5.82 Å². The Balaban J connectivity index is 2.24. The van der Waals surface area contributed by atoms with Crippen LogP contribution in [0.25, 0.3) is 0 Å². The third kappa shape index (κ3) is 4.07. The lowest BCUT2D eigenvalue weighted by Gasteiger charge is -2.23. The first-order valence-electron chi connectivity index (χ1n) is 8.76. The van der Waals surface area contributed by atoms with Crippen molar-refractivity contribution in [2.24, 2.45) is 0 Å². The molecule has 7 nitrogen and oxygen atoms in total. The van der Waals surface area contributed by atoms with Crippen LogP contribution in [-0.2, 0) is 22.0 Å². The van der Waals surface area contributed by atoms with Gasteiger partial charge >= 0.3 is 6.01 Å². The fraction of sp³-hybridized carbons (Fsp3) is 0.556. The highest BCUT2D eigenvalue weighted by atomic mass is 32.2. The number of nitrogens with one attached hydrogen (secondary N) is 1. The molecule has 2 rings (SSSR count). The summed E-state index contributed by atoms with van der Waals surface area (Å²) in [7, 11) is -2.16. The van der Waals surface area contributed by atoms with Crippen LogP contribution in [0.1, 0.15) is 58.5 Å². The second kappa shape index (κ2) is 7.75. The number of benzene rings is 1. The Morgan fingerprint density at radius 1 is 1.19 bits per heavy atom. The number of aromatic nitrogens is 3. The fourth-order valence-corrected chi connectivity index (χ4v) is 3.91. The lowest BCUT2D eigenvalue weighted by Crippen LogP contribution is -2.29. The van der Waals surface area contributed by atoms with Crippen LogP contribution in [0.2, 0.25) is 0 Å². The minimum atomic E-state index is -3.67. The molecule has 1 heterocycles. The van der Waals surface area contributed by atoms with Gasteiger partial charge in [-0.15, -0.1) is 5.10 Å². The van der Waals surface area contributed by atoms with Crippen LogP contribution in [0.15, 0.2) is 29.2 Å². The largest absolute Gasteiger partial charge is 0.467 e. The van der Waals surface area contributed by atoms with Gasteiger partial charge in [0, 0.05) is 6.54 Å². The van der Waals surface area contributed by atoms with Crippen LogP contribution >= 0.6 is 0 Å². The molecule has 0 amide bonds. The number of ether oxygens (including phenoxy) is 1. The normalized spacial score (nSPS) is 13.6. The summed E-state index contributed by atoms with van der Waals surface area (Å²) in [6.07, 6.45) is 0.975. The number of rotatable bonds is 8. The summed E-state index contributed by atoms with van der Waals surface area (Å²) in [6, 6.07) is 6.86. The van der Waals surface area contributed by atoms with Crippen LogP contribution in [0, 0.1) is 0 Å². The monoisotopic (exact) mass is 380 g/mol. The lowest BCUT2D eigenvalue weighted by molar-refractivity contribution is 0.354. The zero-order valence-electron chi connectivity index (χ0n) is 16.3. The predicted molar refractivity (Wildman–Crippen MR) is 101 cm³/mol. The number of sulfonamides is 1. The summed E-state index contributed by atoms with van der Waals surface area (Å²) in [5.74, 6) is 0.511. The van der Waals surface area contributed by atoms with E-state index in [1.54, 1.807) is 23.6 Å². The zero-order chi connectivity index (χ0) is 19.5. The van der Waals surface area contributed by atoms with Gasteiger partial charge in [0.1, 0.15) is 0 Å². The summed E-state index contributed by atoms with van der Waals surface area (Å²) in [5, 5.41) is 7.99. The number of nitrogens with zero attached hydrogens (tertiary/aromatic N) is 3. The van der Waals surface area contributed by atoms with Crippen molar-refractivity contribution < 1.29 is 13.2 Å². The molecule has 0 saturated carbocycles. The molecule has 0 aliphatic rings. The Morgan fingerprint density at radius 2 is 1.81 bits per heavy atom. The van der Waals surface area contributed by atoms with E-state index in [1.807, 2.05) is 19.1 Å². The molecule has 1 atom stereocenters. The van der Waals surface area contributed by atoms with E-state index in [0.717, 1.165) is 12.0 Å². The maximum Gasteiger partial charge on any atom is 0.316 e. The molecule has 0 saturated heterocycles. The molecule has 0 bridgehead atoms. The molecule has 0 radical (unpaired) electrons. The van der Waals surface area contributed by atoms with Gasteiger partial charge in [0.05, 0.1) is 18.0 Å². The van der Waals surface area contributed by atoms with Gasteiger partial charge in [-0.2, -0.15) is 0 Å². The number of hydrogen-bond donors (Lipinski definition) is 1. The highest BCUT2D eigenvalue weighted by Crippen LogP contribution is 2.27. The van der Waals surface area contributed by atoms with Crippen LogP contribution in [0.4, 0.5) is 0 Å². The number of methoxy groups -OCH3 is 1. The average molecular weight is 381 g/mol. The minimum Gasteiger partial charge on any atom is -0.467 e. The molecular weight excluding hydrogens is 352 g/mol. The van der Waals surface area contributed by atoms with E-state index in [2.05, 4.69) is 35.7 Å². The summed E-state index contributed by atoms with van der Waals surface area (Å²) in [4.78, 5) is 0.231. The molecule has 0 fully saturated rings. The highest BCUT2D eigenvalue weighted by Gasteiger charge is 2.24. The van der Waals surface area contributed by atoms with E-state index in [0.29, 0.717) is 18.4 Å². The maximum absolute atomic E-state index is 12.7. The molecule has 1 aromatic heterocycles. The summed E-state index contributed by atoms with van der Waals surface area (Å²) >= 11 is 0. The van der Waals surface area contributed by atoms with Crippen molar-refractivity contribution >= 4 is 10.0 Å². The molecule has 0 unspecified atom stereocenters. The van der Waals surface area contributed by atoms with Gasteiger partial charge in [0.2, 0.25) is 10.0 Å². The maximum atomic E-state index is 12.7. The molecule has 0 aliphatic carbocycles. The highest BCUT2D eigenvalue weighted by molar-refractivity contribution is 7.89. The molecule has 2 aromatic rings. The average Bonchev–Trinajstić information content (AvgIpc) is 3.04. The van der Waals surface area contributed by atoms with Crippen molar-refractivity contribution in [2.75, 3.05) is 7.11 Å². The predicted octanol–water partition coefficient (Wildman–Crippen LogP) is 3.03. The zero-order valence-corrected chi connectivity index (χ0v) is 17.1. The third-order valence-electron chi connectivity index (χ3n) is 4.79. The third-order valence-corrected chi connectivity index (χ3v) is 6.35. The van der Waals surface area contributed by atoms with E-state index >= 15 is 0 Å². The van der Waals surface area contributed by atoms with E-state index in [-0.39, 0.29) is 10.3 Å². The van der Waals surface area contributed by atoms with Crippen LogP contribution < -0.4 is 9.46 Å². The standard InChI is InChI=1S/C18H28N4O3S/c1-7-18(4,5)14-9-11-15(12-10-14)26(23,24)21-13(3)16-19-20-17(25-6)22(16)8-2/h9-13,21H,7-8H2,1-6H3/t13-/m1/s1. The van der Waals surface area contributed by atoms with Crippen molar-refractivity contribution in [3.63, 3.8) is 0 Å². The molecule has 0 aliphatic heterocycles. The van der Waals surface area contributed by atoms with Gasteiger partial charge in [0.25, 0.3) is 0 Å². The quantitative estimate of drug-likeness (QED) is 0.761. The molecule has 1 N–H and O–H groups in total. The fourth-order valence-electron chi connectivity index (χ4n) is 2.71. The second-order valence-corrected chi connectivity index (χ2v) is 8.61. The van der Waals surface area contributed by atoms with Crippen LogP contribution in [-0.4, -0.2) is 30.3 Å². The first kappa shape index (κ1) is 20.4. The van der Waals surface area contributed by atoms with Gasteiger partial charge in [-0.1, -0.05) is 38.0 Å². The van der Waals surface area contributed by atoms with Gasteiger partial charge in [-0.25, -0.2) is 13.1 Å². The van der Waals surface area contributed by atoms with E-state index < -0.39 is 16.1 Å². The van der Waals surface area contributed by atoms with Crippen LogP contribution in [0.3, 0.4) is 0 Å². The van der Waals surface area contributed by atoms with E-state index in [4.69, 9.17) is 4.74 Å². The van der Waals surface area contributed by atoms with Crippen molar-refractivity contribution in [3.8, 4) is 6.01 Å². The molecule has 144 valence electrons. The van der Waals surface area contributed by atoms with Crippen LogP contribution in [0.5, 0.6) is 6.01 Å². The summed E-state index contributed by atoms with van der Waals surface area (Å²) < 4.78 is 35.0. The van der Waals surface area contributed by atoms with Crippen molar-refractivity contribution in [2.45, 2.75) is 63.9 Å². The van der Waals surface area contributed by atoms with E-state index in [1.165, 1.54) is 7.11 Å². The summed E-state index contributed by atoms with van der Waals surface area (Å²) in [5.41, 5.74) is 1.12. The minimum absolute atomic E-state index is 0.0110. The Kier molecular flexibility index (Phi) is 6.08. The molecule has 26 heavy (non-hydrogen) atoms. The molecule has 1 aromatic carbocycles. The Morgan fingerprint density at radius 3 is 2.31 bits per heavy atom. The molecule has 8 heteroatoms. The summed E-state index contributed by atoms with van der Waals surface area (Å²) in [6.45, 7) is 10.6. The second-order valence-electron chi connectivity index (χ2n) is 6.89. The molecule has 0 spiro atoms. The Bertz CT molecular complexity index is 842. The first-order chi connectivity index (χ1) is 12.2. The van der Waals surface area contributed by atoms with Gasteiger partial charge in [-0.3, -0.25) is 4.57 Å². The lowest BCUT2D eigenvalue weighted by atomic mass is 9.82. The van der Waals surface area contributed by atoms with Crippen molar-refractivity contribution in [1.82, 2.24) is 19.5 Å². The first-order valence-corrected chi connectivity index (χ1v) is 10.2. The van der Waals surface area contributed by atoms with Crippen molar-refractivity contribution in [3.05, 3.63) is 35.7 Å². The van der Waals surface area contributed by atoms with Gasteiger partial charge < -0.3 is 4.74 Å². The smallest absolute Gasteiger partial charge is 0.316 e. The van der Waals surface area contributed by atoms with Crippen molar-refractivity contribution in [1.29, 1.82) is 0 Å². The number of hydrogen-bond acceptors (Lipinski definition) is 5. The van der Waals surface area contributed by atoms with E-state index in [9.17, 15) is 8.42 Å². The topological polar surface area (TPSA) is 86.1 Å². The Labute approximate surface area is 155 Å². The van der Waals surface area contributed by atoms with Gasteiger partial charge in [-0.05, 0) is 43.4 Å². The SMILES string of the molecule is CCn1c(OC)nnc1[C@@H](C)NS(=O)(=O)c1ccc(C(C)(C)CC)cc1. The Hall–Kier alpha value is -1.93.